The lowest BCUT2D eigenvalue weighted by atomic mass is 9.93. The van der Waals surface area contributed by atoms with Crippen LogP contribution in [0.5, 0.6) is 11.5 Å². The van der Waals surface area contributed by atoms with Crippen molar-refractivity contribution in [2.75, 3.05) is 11.7 Å². The molecule has 8 nitrogen and oxygen atoms in total. The van der Waals surface area contributed by atoms with Gasteiger partial charge >= 0.3 is 0 Å². The van der Waals surface area contributed by atoms with Gasteiger partial charge in [-0.1, -0.05) is 12.8 Å². The fraction of sp³-hybridized carbons (Fsp3) is 0.360. The van der Waals surface area contributed by atoms with Crippen molar-refractivity contribution in [1.82, 2.24) is 9.88 Å². The van der Waals surface area contributed by atoms with Crippen molar-refractivity contribution in [3.63, 3.8) is 0 Å². The van der Waals surface area contributed by atoms with E-state index in [1.54, 1.807) is 35.4 Å². The lowest BCUT2D eigenvalue weighted by Gasteiger charge is -2.44. The summed E-state index contributed by atoms with van der Waals surface area (Å²) >= 11 is 0. The molecule has 6 rings (SSSR count). The van der Waals surface area contributed by atoms with Gasteiger partial charge in [0.2, 0.25) is 12.7 Å². The summed E-state index contributed by atoms with van der Waals surface area (Å²) in [5.41, 5.74) is 0.722. The first-order valence-electron chi connectivity index (χ1n) is 11.3. The number of amides is 2. The predicted molar refractivity (Wildman–Crippen MR) is 120 cm³/mol. The van der Waals surface area contributed by atoms with Crippen LogP contribution in [-0.4, -0.2) is 34.8 Å². The Kier molecular flexibility index (Phi) is 4.50. The van der Waals surface area contributed by atoms with E-state index in [1.807, 2.05) is 29.7 Å². The van der Waals surface area contributed by atoms with Crippen molar-refractivity contribution in [2.24, 2.45) is 0 Å². The third kappa shape index (κ3) is 3.12. The summed E-state index contributed by atoms with van der Waals surface area (Å²) in [5, 5.41) is 3.21. The highest BCUT2D eigenvalue weighted by Crippen LogP contribution is 2.41. The number of ether oxygens (including phenoxy) is 2. The van der Waals surface area contributed by atoms with Gasteiger partial charge in [0, 0.05) is 17.8 Å². The number of carbonyl (C=O) groups is 2. The topological polar surface area (TPSA) is 85.9 Å². The molecule has 1 saturated carbocycles. The van der Waals surface area contributed by atoms with Crippen molar-refractivity contribution >= 4 is 17.5 Å². The number of benzene rings is 1. The molecule has 1 N–H and O–H groups in total. The summed E-state index contributed by atoms with van der Waals surface area (Å²) in [6, 6.07) is 12.8. The largest absolute Gasteiger partial charge is 0.463 e. The van der Waals surface area contributed by atoms with E-state index in [-0.39, 0.29) is 24.6 Å². The smallest absolute Gasteiger partial charge is 0.275 e. The molecule has 0 spiro atoms. The molecule has 0 radical (unpaired) electrons. The summed E-state index contributed by atoms with van der Waals surface area (Å²) < 4.78 is 18.5. The molecule has 2 amide bonds. The van der Waals surface area contributed by atoms with E-state index in [4.69, 9.17) is 13.9 Å². The number of hydrogen-bond acceptors (Lipinski definition) is 5. The second-order valence-corrected chi connectivity index (χ2v) is 9.07. The number of carbonyl (C=O) groups excluding carboxylic acids is 2. The molecule has 0 saturated heterocycles. The molecule has 1 fully saturated rings. The molecule has 1 aliphatic carbocycles. The molecule has 0 bridgehead atoms. The van der Waals surface area contributed by atoms with E-state index in [9.17, 15) is 9.59 Å². The zero-order valence-corrected chi connectivity index (χ0v) is 18.4. The average molecular weight is 447 g/mol. The minimum absolute atomic E-state index is 0.138. The molecule has 4 heterocycles. The Morgan fingerprint density at radius 1 is 1.06 bits per heavy atom. The third-order valence-corrected chi connectivity index (χ3v) is 6.93. The summed E-state index contributed by atoms with van der Waals surface area (Å²) in [4.78, 5) is 29.2. The van der Waals surface area contributed by atoms with Crippen LogP contribution >= 0.6 is 0 Å². The Morgan fingerprint density at radius 2 is 1.85 bits per heavy atom. The van der Waals surface area contributed by atoms with Gasteiger partial charge < -0.3 is 23.8 Å². The van der Waals surface area contributed by atoms with Crippen LogP contribution in [-0.2, 0) is 11.3 Å². The minimum Gasteiger partial charge on any atom is -0.463 e. The highest BCUT2D eigenvalue weighted by Gasteiger charge is 2.49. The molecular weight excluding hydrogens is 422 g/mol. The Labute approximate surface area is 191 Å². The van der Waals surface area contributed by atoms with Crippen LogP contribution in [0, 0.1) is 0 Å². The molecule has 3 aliphatic rings. The van der Waals surface area contributed by atoms with Gasteiger partial charge in [-0.3, -0.25) is 14.5 Å². The van der Waals surface area contributed by atoms with E-state index in [0.29, 0.717) is 35.2 Å². The normalized spacial score (nSPS) is 22.0. The Bertz CT molecular complexity index is 1220. The van der Waals surface area contributed by atoms with E-state index < -0.39 is 5.54 Å². The first-order chi connectivity index (χ1) is 16.0. The second kappa shape index (κ2) is 7.43. The van der Waals surface area contributed by atoms with Crippen molar-refractivity contribution in [3.8, 4) is 23.0 Å². The maximum atomic E-state index is 13.9. The first kappa shape index (κ1) is 20.0. The number of fused-ring (bicyclic) bond motifs is 2. The van der Waals surface area contributed by atoms with E-state index >= 15 is 0 Å². The number of nitrogens with one attached hydrogen (secondary N) is 1. The van der Waals surface area contributed by atoms with Crippen molar-refractivity contribution in [3.05, 3.63) is 54.4 Å². The number of hydrogen-bond donors (Lipinski definition) is 1. The average Bonchev–Trinajstić information content (AvgIpc) is 3.59. The number of nitrogens with zero attached hydrogens (tertiary/aromatic N) is 2. The summed E-state index contributed by atoms with van der Waals surface area (Å²) in [5.74, 6) is 1.44. The molecule has 0 unspecified atom stereocenters. The third-order valence-electron chi connectivity index (χ3n) is 6.93. The van der Waals surface area contributed by atoms with Crippen LogP contribution in [0.4, 0.5) is 5.69 Å². The molecule has 2 aliphatic heterocycles. The van der Waals surface area contributed by atoms with Crippen LogP contribution in [0.1, 0.15) is 43.1 Å². The van der Waals surface area contributed by atoms with Crippen LogP contribution < -0.4 is 19.7 Å². The first-order valence-corrected chi connectivity index (χ1v) is 11.3. The molecule has 3 aromatic rings. The standard InChI is InChI=1S/C25H25N3O5/c1-25(24(30)26-16-5-2-3-6-16)14-27-18(20-7-4-12-31-20)9-10-19(27)23(29)28(25)17-8-11-21-22(13-17)33-15-32-21/h4,7-13,16H,2-3,5-6,14-15H2,1H3,(H,26,30)/t25-/m0/s1. The highest BCUT2D eigenvalue weighted by molar-refractivity contribution is 6.12. The van der Waals surface area contributed by atoms with Crippen LogP contribution in [0.15, 0.2) is 53.1 Å². The molecule has 33 heavy (non-hydrogen) atoms. The van der Waals surface area contributed by atoms with E-state index in [0.717, 1.165) is 31.4 Å². The summed E-state index contributed by atoms with van der Waals surface area (Å²) in [6.45, 7) is 2.26. The highest BCUT2D eigenvalue weighted by atomic mass is 16.7. The number of rotatable bonds is 4. The van der Waals surface area contributed by atoms with Gasteiger partial charge in [0.05, 0.1) is 18.5 Å². The zero-order chi connectivity index (χ0) is 22.6. The summed E-state index contributed by atoms with van der Waals surface area (Å²) in [6.07, 6.45) is 5.75. The van der Waals surface area contributed by atoms with Crippen LogP contribution in [0.25, 0.3) is 11.5 Å². The lowest BCUT2D eigenvalue weighted by molar-refractivity contribution is -0.127. The summed E-state index contributed by atoms with van der Waals surface area (Å²) in [7, 11) is 0. The molecule has 1 aromatic carbocycles. The number of furan rings is 1. The Balaban J connectivity index is 1.46. The monoisotopic (exact) mass is 447 g/mol. The number of aromatic nitrogens is 1. The molecule has 170 valence electrons. The lowest BCUT2D eigenvalue weighted by Crippen LogP contribution is -2.65. The van der Waals surface area contributed by atoms with Gasteiger partial charge in [-0.25, -0.2) is 0 Å². The molecule has 1 atom stereocenters. The van der Waals surface area contributed by atoms with Gasteiger partial charge in [0.1, 0.15) is 17.0 Å². The number of anilines is 1. The molecular formula is C25H25N3O5. The maximum absolute atomic E-state index is 13.9. The van der Waals surface area contributed by atoms with E-state index in [2.05, 4.69) is 5.32 Å². The van der Waals surface area contributed by atoms with Crippen molar-refractivity contribution in [1.29, 1.82) is 0 Å². The van der Waals surface area contributed by atoms with Gasteiger partial charge in [-0.05, 0) is 56.2 Å². The van der Waals surface area contributed by atoms with Crippen LogP contribution in [0.2, 0.25) is 0 Å². The Hall–Kier alpha value is -3.68. The van der Waals surface area contributed by atoms with Crippen molar-refractivity contribution in [2.45, 2.75) is 50.7 Å². The zero-order valence-electron chi connectivity index (χ0n) is 18.4. The predicted octanol–water partition coefficient (Wildman–Crippen LogP) is 3.95. The van der Waals surface area contributed by atoms with Gasteiger partial charge in [0.25, 0.3) is 5.91 Å². The maximum Gasteiger partial charge on any atom is 0.275 e. The molecule has 2 aromatic heterocycles. The van der Waals surface area contributed by atoms with Crippen LogP contribution in [0.3, 0.4) is 0 Å². The fourth-order valence-corrected chi connectivity index (χ4v) is 5.19. The second-order valence-electron chi connectivity index (χ2n) is 9.07. The SMILES string of the molecule is C[C@@]1(C(=O)NC2CCCC2)Cn2c(ccc2-c2ccco2)C(=O)N1c1ccc2c(c1)OCO2. The minimum atomic E-state index is -1.15. The quantitative estimate of drug-likeness (QED) is 0.655. The Morgan fingerprint density at radius 3 is 2.64 bits per heavy atom. The van der Waals surface area contributed by atoms with Crippen molar-refractivity contribution < 1.29 is 23.5 Å². The van der Waals surface area contributed by atoms with Gasteiger partial charge in [-0.15, -0.1) is 0 Å². The fourth-order valence-electron chi connectivity index (χ4n) is 5.19. The van der Waals surface area contributed by atoms with Gasteiger partial charge in [0.15, 0.2) is 11.5 Å². The van der Waals surface area contributed by atoms with E-state index in [1.165, 1.54) is 0 Å². The molecule has 8 heteroatoms. The van der Waals surface area contributed by atoms with Gasteiger partial charge in [-0.2, -0.15) is 0 Å².